The number of benzene rings is 4. The summed E-state index contributed by atoms with van der Waals surface area (Å²) in [6, 6.07) is 25.8. The lowest BCUT2D eigenvalue weighted by Crippen LogP contribution is -2.14. The third-order valence-corrected chi connectivity index (χ3v) is 6.05. The molecule has 0 atom stereocenters. The third-order valence-electron chi connectivity index (χ3n) is 4.62. The van der Waals surface area contributed by atoms with Crippen LogP contribution >= 0.6 is 35.0 Å². The first-order valence-corrected chi connectivity index (χ1v) is 11.5. The molecule has 4 nitrogen and oxygen atoms in total. The number of carbonyl (C=O) groups is 2. The second-order valence-electron chi connectivity index (χ2n) is 7.04. The molecule has 2 amide bonds. The lowest BCUT2D eigenvalue weighted by molar-refractivity contribution is -0.113. The molecule has 0 unspecified atom stereocenters. The Bertz CT molecular complexity index is 1290. The maximum atomic E-state index is 12.7. The number of anilines is 2. The molecule has 0 radical (unpaired) electrons. The number of fused-ring (bicyclic) bond motifs is 1. The van der Waals surface area contributed by atoms with Gasteiger partial charge in [0.05, 0.1) is 5.75 Å². The van der Waals surface area contributed by atoms with Crippen molar-refractivity contribution < 1.29 is 9.59 Å². The Morgan fingerprint density at radius 1 is 0.719 bits per heavy atom. The largest absolute Gasteiger partial charge is 0.325 e. The first-order valence-electron chi connectivity index (χ1n) is 9.75. The van der Waals surface area contributed by atoms with Crippen molar-refractivity contribution in [2.24, 2.45) is 0 Å². The monoisotopic (exact) mass is 480 g/mol. The summed E-state index contributed by atoms with van der Waals surface area (Å²) in [6.45, 7) is 0. The second kappa shape index (κ2) is 10.1. The average Bonchev–Trinajstić information content (AvgIpc) is 2.77. The zero-order valence-corrected chi connectivity index (χ0v) is 19.1. The molecule has 4 aromatic carbocycles. The summed E-state index contributed by atoms with van der Waals surface area (Å²) in [6.07, 6.45) is 0. The molecule has 32 heavy (non-hydrogen) atoms. The van der Waals surface area contributed by atoms with Gasteiger partial charge in [-0.15, -0.1) is 11.8 Å². The standard InChI is InChI=1S/C25H18Cl2N2O2S/c26-19-11-20(27)13-22(12-19)28-24(30)15-32-23-7-3-6-21(14-23)29-25(31)18-9-8-16-4-1-2-5-17(16)10-18/h1-14H,15H2,(H,28,30)(H,29,31). The third kappa shape index (κ3) is 5.82. The fraction of sp³-hybridized carbons (Fsp3) is 0.0400. The van der Waals surface area contributed by atoms with Gasteiger partial charge >= 0.3 is 0 Å². The van der Waals surface area contributed by atoms with E-state index in [9.17, 15) is 9.59 Å². The molecule has 7 heteroatoms. The highest BCUT2D eigenvalue weighted by molar-refractivity contribution is 8.00. The van der Waals surface area contributed by atoms with Crippen LogP contribution in [0.5, 0.6) is 0 Å². The lowest BCUT2D eigenvalue weighted by Gasteiger charge is -2.09. The molecule has 0 saturated heterocycles. The molecule has 0 aromatic heterocycles. The van der Waals surface area contributed by atoms with E-state index in [1.165, 1.54) is 11.8 Å². The van der Waals surface area contributed by atoms with E-state index in [1.54, 1.807) is 18.2 Å². The van der Waals surface area contributed by atoms with Crippen molar-refractivity contribution in [3.05, 3.63) is 101 Å². The molecule has 0 aliphatic heterocycles. The van der Waals surface area contributed by atoms with Gasteiger partial charge in [-0.2, -0.15) is 0 Å². The number of halogens is 2. The summed E-state index contributed by atoms with van der Waals surface area (Å²) in [7, 11) is 0. The van der Waals surface area contributed by atoms with Crippen molar-refractivity contribution in [1.82, 2.24) is 0 Å². The van der Waals surface area contributed by atoms with E-state index in [-0.39, 0.29) is 17.6 Å². The van der Waals surface area contributed by atoms with E-state index in [2.05, 4.69) is 10.6 Å². The summed E-state index contributed by atoms with van der Waals surface area (Å²) in [4.78, 5) is 25.8. The SMILES string of the molecule is O=C(CSc1cccc(NC(=O)c2ccc3ccccc3c2)c1)Nc1cc(Cl)cc(Cl)c1. The molecule has 160 valence electrons. The maximum absolute atomic E-state index is 12.7. The van der Waals surface area contributed by atoms with Crippen LogP contribution in [0, 0.1) is 0 Å². The predicted octanol–water partition coefficient (Wildman–Crippen LogP) is 7.13. The van der Waals surface area contributed by atoms with E-state index in [4.69, 9.17) is 23.2 Å². The van der Waals surface area contributed by atoms with Gasteiger partial charge in [0.15, 0.2) is 0 Å². The first-order chi connectivity index (χ1) is 15.5. The van der Waals surface area contributed by atoms with Crippen LogP contribution in [0.1, 0.15) is 10.4 Å². The molecular formula is C25H18Cl2N2O2S. The van der Waals surface area contributed by atoms with E-state index in [1.807, 2.05) is 66.7 Å². The summed E-state index contributed by atoms with van der Waals surface area (Å²) in [5.74, 6) is -0.168. The fourth-order valence-corrected chi connectivity index (χ4v) is 4.45. The van der Waals surface area contributed by atoms with Crippen molar-refractivity contribution in [2.45, 2.75) is 4.90 Å². The molecule has 4 aromatic rings. The Morgan fingerprint density at radius 3 is 2.25 bits per heavy atom. The number of nitrogens with one attached hydrogen (secondary N) is 2. The highest BCUT2D eigenvalue weighted by atomic mass is 35.5. The molecule has 4 rings (SSSR count). The Kier molecular flexibility index (Phi) is 7.00. The number of hydrogen-bond acceptors (Lipinski definition) is 3. The maximum Gasteiger partial charge on any atom is 0.255 e. The normalized spacial score (nSPS) is 10.7. The van der Waals surface area contributed by atoms with Gasteiger partial charge in [-0.3, -0.25) is 9.59 Å². The van der Waals surface area contributed by atoms with Crippen molar-refractivity contribution in [2.75, 3.05) is 16.4 Å². The smallest absolute Gasteiger partial charge is 0.255 e. The molecule has 0 bridgehead atoms. The minimum atomic E-state index is -0.187. The van der Waals surface area contributed by atoms with Gasteiger partial charge in [0.25, 0.3) is 5.91 Å². The Labute approximate surface area is 199 Å². The number of rotatable bonds is 6. The van der Waals surface area contributed by atoms with E-state index >= 15 is 0 Å². The van der Waals surface area contributed by atoms with Crippen molar-refractivity contribution in [3.8, 4) is 0 Å². The van der Waals surface area contributed by atoms with Crippen LogP contribution < -0.4 is 10.6 Å². The Morgan fingerprint density at radius 2 is 1.47 bits per heavy atom. The van der Waals surface area contributed by atoms with Gasteiger partial charge in [0, 0.05) is 31.9 Å². The number of amides is 2. The highest BCUT2D eigenvalue weighted by Crippen LogP contribution is 2.25. The minimum absolute atomic E-state index is 0.182. The Balaban J connectivity index is 1.37. The van der Waals surface area contributed by atoms with Crippen molar-refractivity contribution in [3.63, 3.8) is 0 Å². The average molecular weight is 481 g/mol. The van der Waals surface area contributed by atoms with Crippen molar-refractivity contribution in [1.29, 1.82) is 0 Å². The zero-order valence-electron chi connectivity index (χ0n) is 16.8. The van der Waals surface area contributed by atoms with Crippen molar-refractivity contribution >= 4 is 68.9 Å². The second-order valence-corrected chi connectivity index (χ2v) is 8.96. The van der Waals surface area contributed by atoms with Gasteiger partial charge < -0.3 is 10.6 Å². The summed E-state index contributed by atoms with van der Waals surface area (Å²) >= 11 is 13.3. The van der Waals surface area contributed by atoms with Crippen LogP contribution in [0.3, 0.4) is 0 Å². The molecule has 0 heterocycles. The molecule has 0 fully saturated rings. The summed E-state index contributed by atoms with van der Waals surface area (Å²) in [5, 5.41) is 8.70. The predicted molar refractivity (Wildman–Crippen MR) is 134 cm³/mol. The van der Waals surface area contributed by atoms with Crippen LogP contribution in [-0.4, -0.2) is 17.6 Å². The number of carbonyl (C=O) groups excluding carboxylic acids is 2. The quantitative estimate of drug-likeness (QED) is 0.288. The van der Waals surface area contributed by atoms with E-state index < -0.39 is 0 Å². The van der Waals surface area contributed by atoms with Crippen LogP contribution in [0.4, 0.5) is 11.4 Å². The number of thioether (sulfide) groups is 1. The molecular weight excluding hydrogens is 463 g/mol. The summed E-state index contributed by atoms with van der Waals surface area (Å²) in [5.41, 5.74) is 1.79. The van der Waals surface area contributed by atoms with Crippen LogP contribution in [-0.2, 0) is 4.79 Å². The van der Waals surface area contributed by atoms with Crippen LogP contribution in [0.25, 0.3) is 10.8 Å². The van der Waals surface area contributed by atoms with E-state index in [0.717, 1.165) is 15.7 Å². The first kappa shape index (κ1) is 22.2. The van der Waals surface area contributed by atoms with Gasteiger partial charge in [-0.1, -0.05) is 59.6 Å². The van der Waals surface area contributed by atoms with Gasteiger partial charge in [0.2, 0.25) is 5.91 Å². The van der Waals surface area contributed by atoms with Gasteiger partial charge in [-0.05, 0) is 59.3 Å². The molecule has 0 aliphatic carbocycles. The molecule has 0 saturated carbocycles. The lowest BCUT2D eigenvalue weighted by atomic mass is 10.1. The zero-order chi connectivity index (χ0) is 22.5. The highest BCUT2D eigenvalue weighted by Gasteiger charge is 2.09. The molecule has 2 N–H and O–H groups in total. The number of hydrogen-bond donors (Lipinski definition) is 2. The molecule has 0 aliphatic rings. The van der Waals surface area contributed by atoms with Crippen LogP contribution in [0.15, 0.2) is 89.8 Å². The van der Waals surface area contributed by atoms with E-state index in [0.29, 0.717) is 27.0 Å². The topological polar surface area (TPSA) is 58.2 Å². The fourth-order valence-electron chi connectivity index (χ4n) is 3.17. The van der Waals surface area contributed by atoms with Crippen LogP contribution in [0.2, 0.25) is 10.0 Å². The van der Waals surface area contributed by atoms with Gasteiger partial charge in [0.1, 0.15) is 0 Å². The van der Waals surface area contributed by atoms with Gasteiger partial charge in [-0.25, -0.2) is 0 Å². The Hall–Kier alpha value is -2.99. The minimum Gasteiger partial charge on any atom is -0.325 e. The molecule has 0 spiro atoms. The summed E-state index contributed by atoms with van der Waals surface area (Å²) < 4.78 is 0.